The number of aromatic nitrogens is 3. The van der Waals surface area contributed by atoms with Crippen molar-refractivity contribution in [2.45, 2.75) is 19.5 Å². The van der Waals surface area contributed by atoms with Crippen LogP contribution in [0.4, 0.5) is 0 Å². The van der Waals surface area contributed by atoms with Crippen LogP contribution in [0.1, 0.15) is 34.8 Å². The van der Waals surface area contributed by atoms with E-state index < -0.39 is 0 Å². The standard InChI is InChI=1S/C22H20N4O/c1-16(17-9-3-2-4-10-17)26-20-13-6-5-11-18(20)25-21(26)15-24-22(27)19-12-7-8-14-23-19/h2-14,16H,15H2,1H3,(H,24,27). The Morgan fingerprint density at radius 2 is 1.74 bits per heavy atom. The molecule has 2 aromatic heterocycles. The van der Waals surface area contributed by atoms with E-state index in [1.54, 1.807) is 24.4 Å². The third kappa shape index (κ3) is 3.44. The lowest BCUT2D eigenvalue weighted by atomic mass is 10.1. The van der Waals surface area contributed by atoms with Crippen molar-refractivity contribution in [1.29, 1.82) is 0 Å². The van der Waals surface area contributed by atoms with Gasteiger partial charge in [0, 0.05) is 6.20 Å². The molecule has 27 heavy (non-hydrogen) atoms. The molecule has 5 heteroatoms. The number of nitrogens with zero attached hydrogens (tertiary/aromatic N) is 3. The lowest BCUT2D eigenvalue weighted by Gasteiger charge is -2.18. The minimum atomic E-state index is -0.207. The van der Waals surface area contributed by atoms with Crippen LogP contribution in [-0.2, 0) is 6.54 Å². The number of fused-ring (bicyclic) bond motifs is 1. The summed E-state index contributed by atoms with van der Waals surface area (Å²) in [5.74, 6) is 0.610. The zero-order chi connectivity index (χ0) is 18.6. The lowest BCUT2D eigenvalue weighted by Crippen LogP contribution is -2.26. The van der Waals surface area contributed by atoms with Crippen LogP contribution in [0, 0.1) is 0 Å². The van der Waals surface area contributed by atoms with Crippen LogP contribution in [-0.4, -0.2) is 20.4 Å². The van der Waals surface area contributed by atoms with Gasteiger partial charge >= 0.3 is 0 Å². The maximum atomic E-state index is 12.4. The summed E-state index contributed by atoms with van der Waals surface area (Å²) >= 11 is 0. The van der Waals surface area contributed by atoms with Gasteiger partial charge in [0.25, 0.3) is 5.91 Å². The summed E-state index contributed by atoms with van der Waals surface area (Å²) in [6.45, 7) is 2.48. The second kappa shape index (κ2) is 7.41. The van der Waals surface area contributed by atoms with Crippen molar-refractivity contribution in [2.75, 3.05) is 0 Å². The smallest absolute Gasteiger partial charge is 0.270 e. The molecular formula is C22H20N4O. The van der Waals surface area contributed by atoms with E-state index in [1.165, 1.54) is 5.56 Å². The minimum Gasteiger partial charge on any atom is -0.343 e. The van der Waals surface area contributed by atoms with Gasteiger partial charge in [-0.2, -0.15) is 0 Å². The first-order valence-corrected chi connectivity index (χ1v) is 8.94. The summed E-state index contributed by atoms with van der Waals surface area (Å²) in [7, 11) is 0. The number of benzene rings is 2. The van der Waals surface area contributed by atoms with E-state index in [4.69, 9.17) is 4.98 Å². The highest BCUT2D eigenvalue weighted by Gasteiger charge is 2.18. The summed E-state index contributed by atoms with van der Waals surface area (Å²) in [5, 5.41) is 2.94. The van der Waals surface area contributed by atoms with Gasteiger partial charge in [0.15, 0.2) is 0 Å². The van der Waals surface area contributed by atoms with E-state index >= 15 is 0 Å². The van der Waals surface area contributed by atoms with Crippen LogP contribution in [0.25, 0.3) is 11.0 Å². The summed E-state index contributed by atoms with van der Waals surface area (Å²) in [6, 6.07) is 23.7. The fourth-order valence-electron chi connectivity index (χ4n) is 3.28. The SMILES string of the molecule is CC(c1ccccc1)n1c(CNC(=O)c2ccccn2)nc2ccccc21. The Morgan fingerprint density at radius 3 is 2.52 bits per heavy atom. The topological polar surface area (TPSA) is 59.8 Å². The van der Waals surface area contributed by atoms with E-state index in [1.807, 2.05) is 36.4 Å². The highest BCUT2D eigenvalue weighted by molar-refractivity contribution is 5.92. The van der Waals surface area contributed by atoms with Crippen molar-refractivity contribution < 1.29 is 4.79 Å². The highest BCUT2D eigenvalue weighted by Crippen LogP contribution is 2.26. The number of rotatable bonds is 5. The molecule has 0 aliphatic rings. The average Bonchev–Trinajstić information content (AvgIpc) is 3.11. The van der Waals surface area contributed by atoms with Gasteiger partial charge in [0.2, 0.25) is 0 Å². The largest absolute Gasteiger partial charge is 0.343 e. The lowest BCUT2D eigenvalue weighted by molar-refractivity contribution is 0.0944. The normalized spacial score (nSPS) is 12.0. The number of hydrogen-bond acceptors (Lipinski definition) is 3. The average molecular weight is 356 g/mol. The molecule has 1 N–H and O–H groups in total. The van der Waals surface area contributed by atoms with Crippen molar-refractivity contribution >= 4 is 16.9 Å². The maximum absolute atomic E-state index is 12.4. The van der Waals surface area contributed by atoms with Gasteiger partial charge in [-0.1, -0.05) is 48.5 Å². The monoisotopic (exact) mass is 356 g/mol. The number of nitrogens with one attached hydrogen (secondary N) is 1. The molecule has 2 aromatic carbocycles. The highest BCUT2D eigenvalue weighted by atomic mass is 16.1. The predicted octanol–water partition coefficient (Wildman–Crippen LogP) is 3.97. The fourth-order valence-corrected chi connectivity index (χ4v) is 3.28. The van der Waals surface area contributed by atoms with Crippen LogP contribution in [0.3, 0.4) is 0 Å². The number of amides is 1. The molecule has 5 nitrogen and oxygen atoms in total. The quantitative estimate of drug-likeness (QED) is 0.589. The fraction of sp³-hybridized carbons (Fsp3) is 0.136. The summed E-state index contributed by atoms with van der Waals surface area (Å²) in [4.78, 5) is 21.2. The molecule has 0 fully saturated rings. The first kappa shape index (κ1) is 17.0. The van der Waals surface area contributed by atoms with E-state index in [9.17, 15) is 4.79 Å². The van der Waals surface area contributed by atoms with Crippen LogP contribution in [0.2, 0.25) is 0 Å². The van der Waals surface area contributed by atoms with Crippen molar-refractivity contribution in [3.63, 3.8) is 0 Å². The maximum Gasteiger partial charge on any atom is 0.270 e. The third-order valence-corrected chi connectivity index (χ3v) is 4.64. The van der Waals surface area contributed by atoms with Crippen LogP contribution >= 0.6 is 0 Å². The Labute approximate surface area is 157 Å². The summed E-state index contributed by atoms with van der Waals surface area (Å²) in [6.07, 6.45) is 1.61. The molecule has 0 saturated carbocycles. The first-order chi connectivity index (χ1) is 13.2. The van der Waals surface area contributed by atoms with E-state index in [0.29, 0.717) is 12.2 Å². The molecule has 1 amide bonds. The van der Waals surface area contributed by atoms with E-state index in [-0.39, 0.29) is 11.9 Å². The Morgan fingerprint density at radius 1 is 1.00 bits per heavy atom. The molecular weight excluding hydrogens is 336 g/mol. The Bertz CT molecular complexity index is 1060. The molecule has 0 aliphatic heterocycles. The Kier molecular flexibility index (Phi) is 4.66. The Balaban J connectivity index is 1.67. The van der Waals surface area contributed by atoms with Gasteiger partial charge in [-0.05, 0) is 36.8 Å². The second-order valence-electron chi connectivity index (χ2n) is 6.37. The minimum absolute atomic E-state index is 0.0975. The van der Waals surface area contributed by atoms with Crippen molar-refractivity contribution in [3.05, 3.63) is 96.1 Å². The number of carbonyl (C=O) groups is 1. The van der Waals surface area contributed by atoms with Crippen molar-refractivity contribution in [3.8, 4) is 0 Å². The van der Waals surface area contributed by atoms with Crippen LogP contribution in [0.5, 0.6) is 0 Å². The van der Waals surface area contributed by atoms with Gasteiger partial charge in [0.1, 0.15) is 11.5 Å². The van der Waals surface area contributed by atoms with E-state index in [0.717, 1.165) is 16.9 Å². The molecule has 134 valence electrons. The first-order valence-electron chi connectivity index (χ1n) is 8.94. The number of imidazole rings is 1. The number of hydrogen-bond donors (Lipinski definition) is 1. The molecule has 0 spiro atoms. The van der Waals surface area contributed by atoms with Gasteiger partial charge in [-0.25, -0.2) is 4.98 Å². The van der Waals surface area contributed by atoms with Gasteiger partial charge in [0.05, 0.1) is 23.6 Å². The molecule has 2 heterocycles. The zero-order valence-corrected chi connectivity index (χ0v) is 15.0. The molecule has 1 unspecified atom stereocenters. The van der Waals surface area contributed by atoms with Crippen LogP contribution < -0.4 is 5.32 Å². The summed E-state index contributed by atoms with van der Waals surface area (Å²) in [5.41, 5.74) is 3.56. The number of pyridine rings is 1. The molecule has 4 aromatic rings. The number of carbonyl (C=O) groups excluding carboxylic acids is 1. The van der Waals surface area contributed by atoms with E-state index in [2.05, 4.69) is 40.0 Å². The predicted molar refractivity (Wildman–Crippen MR) is 105 cm³/mol. The second-order valence-corrected chi connectivity index (χ2v) is 6.37. The molecule has 1 atom stereocenters. The van der Waals surface area contributed by atoms with Gasteiger partial charge in [-0.15, -0.1) is 0 Å². The van der Waals surface area contributed by atoms with Gasteiger partial charge in [-0.3, -0.25) is 9.78 Å². The molecule has 0 saturated heterocycles. The molecule has 0 bridgehead atoms. The third-order valence-electron chi connectivity index (χ3n) is 4.64. The molecule has 0 radical (unpaired) electrons. The zero-order valence-electron chi connectivity index (χ0n) is 15.0. The molecule has 4 rings (SSSR count). The Hall–Kier alpha value is -3.47. The van der Waals surface area contributed by atoms with Crippen molar-refractivity contribution in [2.24, 2.45) is 0 Å². The van der Waals surface area contributed by atoms with Gasteiger partial charge < -0.3 is 9.88 Å². The van der Waals surface area contributed by atoms with Crippen LogP contribution in [0.15, 0.2) is 79.0 Å². The molecule has 0 aliphatic carbocycles. The van der Waals surface area contributed by atoms with Crippen molar-refractivity contribution in [1.82, 2.24) is 19.9 Å². The number of para-hydroxylation sites is 2. The summed E-state index contributed by atoms with van der Waals surface area (Å²) < 4.78 is 2.18.